The average molecular weight is 344 g/mol. The maximum absolute atomic E-state index is 11.3. The number of aryl methyl sites for hydroxylation is 1. The maximum Gasteiger partial charge on any atom is 1.00 e. The SMILES string of the molecule is Cc1cc(NC(=O)CCBr)ccc1SOO[O-].[Na+]. The first kappa shape index (κ1) is 18.4. The fraction of sp³-hybridized carbons (Fsp3) is 0.300. The van der Waals surface area contributed by atoms with Crippen molar-refractivity contribution in [3.8, 4) is 0 Å². The Morgan fingerprint density at radius 3 is 2.83 bits per heavy atom. The molecule has 18 heavy (non-hydrogen) atoms. The first-order valence-electron chi connectivity index (χ1n) is 4.77. The fourth-order valence-electron chi connectivity index (χ4n) is 1.18. The number of rotatable bonds is 6. The molecular weight excluding hydrogens is 333 g/mol. The van der Waals surface area contributed by atoms with Gasteiger partial charge >= 0.3 is 29.6 Å². The van der Waals surface area contributed by atoms with Crippen molar-refractivity contribution in [2.45, 2.75) is 18.2 Å². The Morgan fingerprint density at radius 2 is 2.28 bits per heavy atom. The molecule has 1 N–H and O–H groups in total. The predicted molar refractivity (Wildman–Crippen MR) is 66.2 cm³/mol. The van der Waals surface area contributed by atoms with Crippen LogP contribution in [0.5, 0.6) is 0 Å². The van der Waals surface area contributed by atoms with Crippen LogP contribution in [0.2, 0.25) is 0 Å². The van der Waals surface area contributed by atoms with Crippen molar-refractivity contribution in [3.63, 3.8) is 0 Å². The van der Waals surface area contributed by atoms with E-state index in [0.717, 1.165) is 22.5 Å². The van der Waals surface area contributed by atoms with Crippen molar-refractivity contribution in [1.82, 2.24) is 0 Å². The average Bonchev–Trinajstić information content (AvgIpc) is 2.28. The van der Waals surface area contributed by atoms with E-state index >= 15 is 0 Å². The van der Waals surface area contributed by atoms with Gasteiger partial charge in [-0.3, -0.25) is 9.83 Å². The largest absolute Gasteiger partial charge is 1.00 e. The molecule has 0 saturated heterocycles. The Balaban J connectivity index is 0.00000289. The second-order valence-corrected chi connectivity index (χ2v) is 4.72. The van der Waals surface area contributed by atoms with Gasteiger partial charge in [0.1, 0.15) is 0 Å². The third-order valence-corrected chi connectivity index (χ3v) is 3.09. The monoisotopic (exact) mass is 343 g/mol. The zero-order chi connectivity index (χ0) is 12.7. The summed E-state index contributed by atoms with van der Waals surface area (Å²) in [7, 11) is 0. The summed E-state index contributed by atoms with van der Waals surface area (Å²) in [5, 5.41) is 16.3. The summed E-state index contributed by atoms with van der Waals surface area (Å²) >= 11 is 4.02. The van der Waals surface area contributed by atoms with Gasteiger partial charge in [-0.1, -0.05) is 15.9 Å². The minimum absolute atomic E-state index is 0. The van der Waals surface area contributed by atoms with Gasteiger partial charge in [-0.25, -0.2) is 0 Å². The van der Waals surface area contributed by atoms with Gasteiger partial charge in [0.2, 0.25) is 5.91 Å². The van der Waals surface area contributed by atoms with Crippen molar-refractivity contribution in [3.05, 3.63) is 23.8 Å². The van der Waals surface area contributed by atoms with E-state index < -0.39 is 0 Å². The Labute approximate surface area is 140 Å². The zero-order valence-corrected chi connectivity index (χ0v) is 14.5. The Kier molecular flexibility index (Phi) is 10.4. The van der Waals surface area contributed by atoms with E-state index in [4.69, 9.17) is 0 Å². The summed E-state index contributed by atoms with van der Waals surface area (Å²) in [6, 6.07) is 5.26. The van der Waals surface area contributed by atoms with Crippen molar-refractivity contribution < 1.29 is 49.0 Å². The molecule has 1 aromatic rings. The van der Waals surface area contributed by atoms with Gasteiger partial charge in [-0.05, 0) is 30.7 Å². The molecule has 0 radical (unpaired) electrons. The van der Waals surface area contributed by atoms with Crippen LogP contribution in [0.25, 0.3) is 0 Å². The van der Waals surface area contributed by atoms with Crippen LogP contribution in [-0.2, 0) is 14.2 Å². The topological polar surface area (TPSA) is 70.6 Å². The molecule has 0 aliphatic heterocycles. The van der Waals surface area contributed by atoms with E-state index in [9.17, 15) is 10.1 Å². The molecule has 1 rings (SSSR count). The molecule has 0 saturated carbocycles. The normalized spacial score (nSPS) is 9.72. The minimum atomic E-state index is -0.0548. The zero-order valence-electron chi connectivity index (χ0n) is 10.1. The van der Waals surface area contributed by atoms with Crippen molar-refractivity contribution in [1.29, 1.82) is 0 Å². The standard InChI is InChI=1S/C10H12BrNO4S.Na/c1-7-6-8(12-10(13)4-5-11)2-3-9(7)17-16-15-14;/h2-3,6,14H,4-5H2,1H3,(H,12,13);/q;+1/p-1. The number of anilines is 1. The van der Waals surface area contributed by atoms with Crippen LogP contribution in [0.15, 0.2) is 23.1 Å². The number of amides is 1. The summed E-state index contributed by atoms with van der Waals surface area (Å²) < 4.78 is 4.23. The molecule has 8 heteroatoms. The quantitative estimate of drug-likeness (QED) is 0.235. The number of hydrogen-bond donors (Lipinski definition) is 1. The van der Waals surface area contributed by atoms with Crippen molar-refractivity contribution in [2.24, 2.45) is 0 Å². The Morgan fingerprint density at radius 1 is 1.56 bits per heavy atom. The fourth-order valence-corrected chi connectivity index (χ4v) is 1.96. The molecule has 1 amide bonds. The van der Waals surface area contributed by atoms with Gasteiger partial charge in [0.15, 0.2) is 0 Å². The second-order valence-electron chi connectivity index (χ2n) is 3.19. The molecule has 0 bridgehead atoms. The second kappa shape index (κ2) is 10.2. The number of nitrogens with one attached hydrogen (secondary N) is 1. The molecule has 94 valence electrons. The Bertz CT molecular complexity index is 394. The van der Waals surface area contributed by atoms with E-state index in [0.29, 0.717) is 17.4 Å². The maximum atomic E-state index is 11.3. The smallest absolute Gasteiger partial charge is 0.691 e. The van der Waals surface area contributed by atoms with Crippen LogP contribution < -0.4 is 40.1 Å². The van der Waals surface area contributed by atoms with Crippen LogP contribution in [0, 0.1) is 6.92 Å². The molecule has 0 aromatic heterocycles. The first-order valence-corrected chi connectivity index (χ1v) is 6.63. The van der Waals surface area contributed by atoms with Gasteiger partial charge in [0.05, 0.1) is 12.0 Å². The number of hydrogen-bond acceptors (Lipinski definition) is 5. The van der Waals surface area contributed by atoms with Gasteiger partial charge in [-0.15, -0.1) is 0 Å². The number of carbonyl (C=O) groups is 1. The predicted octanol–water partition coefficient (Wildman–Crippen LogP) is -1.05. The van der Waals surface area contributed by atoms with Crippen LogP contribution in [-0.4, -0.2) is 11.2 Å². The van der Waals surface area contributed by atoms with Crippen molar-refractivity contribution in [2.75, 3.05) is 10.6 Å². The molecule has 0 unspecified atom stereocenters. The molecule has 0 spiro atoms. The van der Waals surface area contributed by atoms with E-state index in [1.807, 2.05) is 6.92 Å². The molecule has 0 atom stereocenters. The summed E-state index contributed by atoms with van der Waals surface area (Å²) in [6.45, 7) is 1.84. The van der Waals surface area contributed by atoms with E-state index in [2.05, 4.69) is 30.6 Å². The third-order valence-electron chi connectivity index (χ3n) is 1.93. The molecule has 0 aliphatic rings. The molecule has 0 heterocycles. The van der Waals surface area contributed by atoms with Crippen LogP contribution >= 0.6 is 28.0 Å². The third kappa shape index (κ3) is 6.53. The summed E-state index contributed by atoms with van der Waals surface area (Å²) in [6.07, 6.45) is 0.419. The number of halogens is 1. The van der Waals surface area contributed by atoms with Crippen molar-refractivity contribution >= 4 is 39.6 Å². The van der Waals surface area contributed by atoms with E-state index in [1.165, 1.54) is 0 Å². The number of carbonyl (C=O) groups excluding carboxylic acids is 1. The molecule has 1 aromatic carbocycles. The minimum Gasteiger partial charge on any atom is -0.691 e. The molecule has 5 nitrogen and oxygen atoms in total. The molecule has 0 fully saturated rings. The number of alkyl halides is 1. The summed E-state index contributed by atoms with van der Waals surface area (Å²) in [4.78, 5) is 12.1. The molecule has 0 aliphatic carbocycles. The Hall–Kier alpha value is 0.400. The van der Waals surface area contributed by atoms with Gasteiger partial charge in [0.25, 0.3) is 0 Å². The summed E-state index contributed by atoms with van der Waals surface area (Å²) in [5.74, 6) is -0.0548. The van der Waals surface area contributed by atoms with Gasteiger partial charge in [0, 0.05) is 22.3 Å². The van der Waals surface area contributed by atoms with Crippen LogP contribution in [0.3, 0.4) is 0 Å². The number of benzene rings is 1. The summed E-state index contributed by atoms with van der Waals surface area (Å²) in [5.41, 5.74) is 1.59. The van der Waals surface area contributed by atoms with Crippen LogP contribution in [0.4, 0.5) is 5.69 Å². The molecular formula is C10H11BrNNaO4S. The van der Waals surface area contributed by atoms with E-state index in [1.54, 1.807) is 18.2 Å². The first-order chi connectivity index (χ1) is 8.17. The van der Waals surface area contributed by atoms with Gasteiger partial charge < -0.3 is 10.6 Å². The van der Waals surface area contributed by atoms with Crippen LogP contribution in [0.1, 0.15) is 12.0 Å². The van der Waals surface area contributed by atoms with Gasteiger partial charge in [-0.2, -0.15) is 4.33 Å². The van der Waals surface area contributed by atoms with E-state index in [-0.39, 0.29) is 35.5 Å².